The van der Waals surface area contributed by atoms with Crippen LogP contribution >= 0.6 is 0 Å². The van der Waals surface area contributed by atoms with Crippen LogP contribution in [0.4, 0.5) is 26.3 Å². The topological polar surface area (TPSA) is 86.7 Å². The summed E-state index contributed by atoms with van der Waals surface area (Å²) in [5.41, 5.74) is -11.2. The van der Waals surface area contributed by atoms with E-state index in [1.165, 1.54) is 48.6 Å². The summed E-state index contributed by atoms with van der Waals surface area (Å²) in [6.45, 7) is 6.49. The second kappa shape index (κ2) is 10.4. The molecule has 0 amide bonds. The molecule has 2 aromatic rings. The minimum absolute atomic E-state index is 0.0193. The first-order valence-corrected chi connectivity index (χ1v) is 13.1. The number of rotatable bonds is 8. The molecule has 0 saturated heterocycles. The fourth-order valence-corrected chi connectivity index (χ4v) is 4.11. The molecule has 0 bridgehead atoms. The summed E-state index contributed by atoms with van der Waals surface area (Å²) < 4.78 is 131. The number of hydrogen-bond donors (Lipinski definition) is 0. The maximum absolute atomic E-state index is 12.8. The van der Waals surface area contributed by atoms with Crippen molar-refractivity contribution in [3.63, 3.8) is 0 Å². The average Bonchev–Trinajstić information content (AvgIpc) is 2.74. The standard InChI is InChI=1S/C23H22F6O6S2/c1-5-7-15-13-17(9-11-19(15)34-36(30,31)22(24,25)26)21(3,4)18-10-12-20(16(14-18)8-6-2)35-37(32,33)23(27,28)29/h5-14H,1-4H3/b7-5-,8-6-. The largest absolute Gasteiger partial charge is 0.534 e. The molecule has 0 aliphatic rings. The number of benzene rings is 2. The second-order valence-electron chi connectivity index (χ2n) is 8.10. The Morgan fingerprint density at radius 1 is 0.649 bits per heavy atom. The molecule has 0 N–H and O–H groups in total. The molecule has 0 unspecified atom stereocenters. The van der Waals surface area contributed by atoms with E-state index in [1.807, 2.05) is 0 Å². The van der Waals surface area contributed by atoms with Crippen molar-refractivity contribution in [3.05, 3.63) is 70.8 Å². The van der Waals surface area contributed by atoms with Gasteiger partial charge in [0.1, 0.15) is 11.5 Å². The molecular weight excluding hydrogens is 550 g/mol. The first kappa shape index (κ1) is 30.2. The molecule has 6 nitrogen and oxygen atoms in total. The fourth-order valence-electron chi connectivity index (χ4n) is 3.14. The molecule has 14 heteroatoms. The summed E-state index contributed by atoms with van der Waals surface area (Å²) in [6, 6.07) is 7.57. The van der Waals surface area contributed by atoms with Gasteiger partial charge in [0.05, 0.1) is 0 Å². The summed E-state index contributed by atoms with van der Waals surface area (Å²) in [5, 5.41) is 0. The summed E-state index contributed by atoms with van der Waals surface area (Å²) in [6.07, 6.45) is 5.59. The first-order valence-electron chi connectivity index (χ1n) is 10.3. The molecule has 0 aliphatic heterocycles. The highest BCUT2D eigenvalue weighted by Gasteiger charge is 2.49. The first-order chi connectivity index (χ1) is 16.8. The molecule has 0 fully saturated rings. The smallest absolute Gasteiger partial charge is 0.375 e. The molecule has 0 heterocycles. The van der Waals surface area contributed by atoms with Crippen molar-refractivity contribution in [2.24, 2.45) is 0 Å². The van der Waals surface area contributed by atoms with Gasteiger partial charge in [-0.25, -0.2) is 0 Å². The van der Waals surface area contributed by atoms with Crippen LogP contribution in [0.3, 0.4) is 0 Å². The zero-order valence-electron chi connectivity index (χ0n) is 19.8. The molecular formula is C23H22F6O6S2. The summed E-state index contributed by atoms with van der Waals surface area (Å²) in [7, 11) is -11.8. The molecule has 0 atom stereocenters. The lowest BCUT2D eigenvalue weighted by Crippen LogP contribution is -2.28. The lowest BCUT2D eigenvalue weighted by atomic mass is 9.77. The Morgan fingerprint density at radius 2 is 0.973 bits per heavy atom. The highest BCUT2D eigenvalue weighted by atomic mass is 32.2. The van der Waals surface area contributed by atoms with Gasteiger partial charge in [-0.1, -0.05) is 50.3 Å². The SMILES string of the molecule is C/C=C\c1cc(C(C)(C)c2ccc(OS(=O)(=O)C(F)(F)F)c(/C=C\C)c2)ccc1OS(=O)(=O)C(F)(F)F. The van der Waals surface area contributed by atoms with Crippen molar-refractivity contribution in [2.45, 2.75) is 44.1 Å². The molecule has 2 aromatic carbocycles. The van der Waals surface area contributed by atoms with E-state index in [2.05, 4.69) is 8.37 Å². The van der Waals surface area contributed by atoms with Crippen molar-refractivity contribution < 1.29 is 51.5 Å². The van der Waals surface area contributed by atoms with Crippen LogP contribution in [-0.2, 0) is 25.7 Å². The van der Waals surface area contributed by atoms with Gasteiger partial charge in [-0.3, -0.25) is 0 Å². The molecule has 0 spiro atoms. The predicted octanol–water partition coefficient (Wildman–Crippen LogP) is 6.54. The van der Waals surface area contributed by atoms with E-state index in [-0.39, 0.29) is 11.1 Å². The summed E-state index contributed by atoms with van der Waals surface area (Å²) >= 11 is 0. The highest BCUT2D eigenvalue weighted by molar-refractivity contribution is 7.88. The van der Waals surface area contributed by atoms with E-state index >= 15 is 0 Å². The zero-order valence-corrected chi connectivity index (χ0v) is 21.4. The Labute approximate surface area is 210 Å². The fraction of sp³-hybridized carbons (Fsp3) is 0.304. The predicted molar refractivity (Wildman–Crippen MR) is 126 cm³/mol. The van der Waals surface area contributed by atoms with E-state index in [0.717, 1.165) is 12.1 Å². The second-order valence-corrected chi connectivity index (χ2v) is 11.2. The Bertz CT molecular complexity index is 1310. The van der Waals surface area contributed by atoms with Crippen LogP contribution in [0, 0.1) is 0 Å². The maximum atomic E-state index is 12.8. The quantitative estimate of drug-likeness (QED) is 0.203. The summed E-state index contributed by atoms with van der Waals surface area (Å²) in [4.78, 5) is 0. The molecule has 0 saturated carbocycles. The molecule has 204 valence electrons. The monoisotopic (exact) mass is 572 g/mol. The Morgan fingerprint density at radius 3 is 1.24 bits per heavy atom. The third-order valence-corrected chi connectivity index (χ3v) is 7.05. The van der Waals surface area contributed by atoms with Gasteiger partial charge < -0.3 is 8.37 Å². The molecule has 2 rings (SSSR count). The van der Waals surface area contributed by atoms with Gasteiger partial charge in [-0.05, 0) is 49.2 Å². The van der Waals surface area contributed by atoms with Crippen LogP contribution in [-0.4, -0.2) is 27.9 Å². The number of allylic oxidation sites excluding steroid dienone is 2. The van der Waals surface area contributed by atoms with E-state index in [1.54, 1.807) is 27.7 Å². The number of halogens is 6. The van der Waals surface area contributed by atoms with Gasteiger partial charge in [0, 0.05) is 16.5 Å². The summed E-state index contributed by atoms with van der Waals surface area (Å²) in [5.74, 6) is -1.13. The van der Waals surface area contributed by atoms with Crippen LogP contribution in [0.2, 0.25) is 0 Å². The number of alkyl halides is 6. The van der Waals surface area contributed by atoms with E-state index in [4.69, 9.17) is 0 Å². The van der Waals surface area contributed by atoms with Crippen LogP contribution in [0.1, 0.15) is 49.9 Å². The Balaban J connectivity index is 2.58. The number of hydrogen-bond acceptors (Lipinski definition) is 6. The van der Waals surface area contributed by atoms with Crippen molar-refractivity contribution in [2.75, 3.05) is 0 Å². The van der Waals surface area contributed by atoms with Gasteiger partial charge in [0.25, 0.3) is 0 Å². The lowest BCUT2D eigenvalue weighted by molar-refractivity contribution is -0.0504. The normalized spacial score (nSPS) is 13.9. The van der Waals surface area contributed by atoms with Crippen molar-refractivity contribution >= 4 is 32.4 Å². The molecule has 0 aromatic heterocycles. The van der Waals surface area contributed by atoms with Crippen LogP contribution in [0.15, 0.2) is 48.6 Å². The maximum Gasteiger partial charge on any atom is 0.534 e. The minimum atomic E-state index is -5.92. The molecule has 0 aliphatic carbocycles. The van der Waals surface area contributed by atoms with E-state index < -0.39 is 48.2 Å². The minimum Gasteiger partial charge on any atom is -0.375 e. The van der Waals surface area contributed by atoms with E-state index in [9.17, 15) is 43.2 Å². The van der Waals surface area contributed by atoms with Gasteiger partial charge >= 0.3 is 31.3 Å². The van der Waals surface area contributed by atoms with Crippen LogP contribution in [0.5, 0.6) is 11.5 Å². The van der Waals surface area contributed by atoms with Crippen LogP contribution < -0.4 is 8.37 Å². The molecule has 37 heavy (non-hydrogen) atoms. The van der Waals surface area contributed by atoms with Gasteiger partial charge in [0.15, 0.2) is 0 Å². The van der Waals surface area contributed by atoms with Gasteiger partial charge in [-0.15, -0.1) is 0 Å². The van der Waals surface area contributed by atoms with Crippen molar-refractivity contribution in [1.29, 1.82) is 0 Å². The Hall–Kier alpha value is -3.00. The van der Waals surface area contributed by atoms with Gasteiger partial charge in [-0.2, -0.15) is 43.2 Å². The van der Waals surface area contributed by atoms with Crippen molar-refractivity contribution in [1.82, 2.24) is 0 Å². The third kappa shape index (κ3) is 6.66. The van der Waals surface area contributed by atoms with Crippen LogP contribution in [0.25, 0.3) is 12.2 Å². The average molecular weight is 573 g/mol. The molecule has 0 radical (unpaired) electrons. The highest BCUT2D eigenvalue weighted by Crippen LogP contribution is 2.39. The van der Waals surface area contributed by atoms with E-state index in [0.29, 0.717) is 11.1 Å². The van der Waals surface area contributed by atoms with Gasteiger partial charge in [0.2, 0.25) is 0 Å². The lowest BCUT2D eigenvalue weighted by Gasteiger charge is -2.28. The zero-order chi connectivity index (χ0) is 28.4. The Kier molecular flexibility index (Phi) is 8.50. The van der Waals surface area contributed by atoms with Crippen molar-refractivity contribution in [3.8, 4) is 11.5 Å². The third-order valence-electron chi connectivity index (χ3n) is 5.12.